The molecule has 0 spiro atoms. The summed E-state index contributed by atoms with van der Waals surface area (Å²) in [6.07, 6.45) is -14.6. The second kappa shape index (κ2) is 7.67. The number of hydrogen-bond donors (Lipinski definition) is 2. The molecule has 2 heterocycles. The summed E-state index contributed by atoms with van der Waals surface area (Å²) in [5.41, 5.74) is -5.56. The van der Waals surface area contributed by atoms with Crippen LogP contribution in [-0.2, 0) is 4.79 Å². The predicted octanol–water partition coefficient (Wildman–Crippen LogP) is 3.88. The average molecular weight is 492 g/mol. The number of fused-ring (bicyclic) bond motifs is 1. The van der Waals surface area contributed by atoms with Crippen LogP contribution in [0, 0.1) is 17.6 Å². The molecular formula is C20H12F8N4O2. The van der Waals surface area contributed by atoms with Crippen molar-refractivity contribution in [3.8, 4) is 0 Å². The lowest BCUT2D eigenvalue weighted by Gasteiger charge is -2.51. The van der Waals surface area contributed by atoms with Crippen molar-refractivity contribution in [1.82, 2.24) is 10.6 Å². The molecule has 0 aliphatic carbocycles. The number of nitrogens with zero attached hydrogens (tertiary/aromatic N) is 2. The average Bonchev–Trinajstić information content (AvgIpc) is 2.73. The summed E-state index contributed by atoms with van der Waals surface area (Å²) < 4.78 is 112. The molecule has 3 amide bonds. The highest BCUT2D eigenvalue weighted by molar-refractivity contribution is 6.10. The molecule has 2 aromatic carbocycles. The Balaban J connectivity index is 2.00. The van der Waals surface area contributed by atoms with Gasteiger partial charge in [-0.15, -0.1) is 0 Å². The molecule has 2 atom stereocenters. The number of rotatable bonds is 2. The Labute approximate surface area is 185 Å². The van der Waals surface area contributed by atoms with Gasteiger partial charge in [-0.2, -0.15) is 26.3 Å². The number of nitrogens with one attached hydrogen (secondary N) is 2. The Morgan fingerprint density at radius 3 is 1.82 bits per heavy atom. The lowest BCUT2D eigenvalue weighted by atomic mass is 9.76. The van der Waals surface area contributed by atoms with Gasteiger partial charge in [0, 0.05) is 11.3 Å². The van der Waals surface area contributed by atoms with Gasteiger partial charge in [0.2, 0.25) is 11.4 Å². The van der Waals surface area contributed by atoms with Crippen LogP contribution in [0.3, 0.4) is 0 Å². The number of amides is 3. The summed E-state index contributed by atoms with van der Waals surface area (Å²) in [4.78, 5) is 29.3. The topological polar surface area (TPSA) is 73.8 Å². The smallest absolute Gasteiger partial charge is 0.348 e. The Bertz CT molecular complexity index is 1150. The first-order valence-electron chi connectivity index (χ1n) is 9.41. The number of alkyl halides is 6. The largest absolute Gasteiger partial charge is 0.421 e. The zero-order chi connectivity index (χ0) is 25.1. The van der Waals surface area contributed by atoms with E-state index in [-0.39, 0.29) is 11.3 Å². The fraction of sp³-hybridized carbons (Fsp3) is 0.250. The number of carbonyl (C=O) groups excluding carboxylic acids is 2. The van der Waals surface area contributed by atoms with Gasteiger partial charge in [-0.3, -0.25) is 15.0 Å². The Morgan fingerprint density at radius 2 is 1.32 bits per heavy atom. The van der Waals surface area contributed by atoms with Crippen LogP contribution < -0.4 is 15.5 Å². The van der Waals surface area contributed by atoms with Gasteiger partial charge < -0.3 is 5.32 Å². The molecule has 14 heteroatoms. The molecule has 2 N–H and O–H groups in total. The lowest BCUT2D eigenvalue weighted by Crippen LogP contribution is -2.81. The van der Waals surface area contributed by atoms with Gasteiger partial charge in [-0.1, -0.05) is 0 Å². The SMILES string of the molecule is O=C1NC(=O)N(c2ccc(F)cc2)[C@@H]2N=C(c3ccc(F)cc3)NC(C(F)(F)F)(C(F)(F)F)[C@@H]12. The van der Waals surface area contributed by atoms with Crippen molar-refractivity contribution in [2.45, 2.75) is 24.1 Å². The van der Waals surface area contributed by atoms with Crippen molar-refractivity contribution >= 4 is 23.5 Å². The zero-order valence-electron chi connectivity index (χ0n) is 16.5. The first kappa shape index (κ1) is 23.4. The molecule has 6 nitrogen and oxygen atoms in total. The third kappa shape index (κ3) is 3.53. The van der Waals surface area contributed by atoms with Gasteiger partial charge in [0.25, 0.3) is 0 Å². The fourth-order valence-corrected chi connectivity index (χ4v) is 3.91. The molecule has 0 radical (unpaired) electrons. The molecule has 4 rings (SSSR count). The third-order valence-corrected chi connectivity index (χ3v) is 5.45. The van der Waals surface area contributed by atoms with Crippen LogP contribution in [0.4, 0.5) is 45.6 Å². The van der Waals surface area contributed by atoms with Crippen LogP contribution in [0.2, 0.25) is 0 Å². The lowest BCUT2D eigenvalue weighted by molar-refractivity contribution is -0.318. The molecule has 0 aromatic heterocycles. The van der Waals surface area contributed by atoms with E-state index in [4.69, 9.17) is 0 Å². The van der Waals surface area contributed by atoms with E-state index in [1.54, 1.807) is 0 Å². The van der Waals surface area contributed by atoms with Crippen LogP contribution in [0.15, 0.2) is 53.5 Å². The molecule has 0 saturated carbocycles. The van der Waals surface area contributed by atoms with Crippen molar-refractivity contribution in [1.29, 1.82) is 0 Å². The number of hydrogen-bond acceptors (Lipinski definition) is 4. The fourth-order valence-electron chi connectivity index (χ4n) is 3.91. The second-order valence-corrected chi connectivity index (χ2v) is 7.45. The van der Waals surface area contributed by atoms with Crippen LogP contribution in [0.25, 0.3) is 0 Å². The van der Waals surface area contributed by atoms with Gasteiger partial charge in [-0.05, 0) is 48.5 Å². The summed E-state index contributed by atoms with van der Waals surface area (Å²) in [7, 11) is 0. The highest BCUT2D eigenvalue weighted by atomic mass is 19.4. The van der Waals surface area contributed by atoms with Crippen molar-refractivity contribution in [3.63, 3.8) is 0 Å². The van der Waals surface area contributed by atoms with Crippen molar-refractivity contribution in [2.24, 2.45) is 10.9 Å². The van der Waals surface area contributed by atoms with E-state index >= 15 is 0 Å². The summed E-state index contributed by atoms with van der Waals surface area (Å²) >= 11 is 0. The third-order valence-electron chi connectivity index (χ3n) is 5.45. The summed E-state index contributed by atoms with van der Waals surface area (Å²) in [5.74, 6) is -7.48. The van der Waals surface area contributed by atoms with Crippen molar-refractivity contribution in [3.05, 3.63) is 65.7 Å². The Hall–Kier alpha value is -3.71. The number of anilines is 1. The second-order valence-electron chi connectivity index (χ2n) is 7.45. The number of amidine groups is 1. The normalized spacial score (nSPS) is 22.5. The van der Waals surface area contributed by atoms with Crippen molar-refractivity contribution < 1.29 is 44.7 Å². The van der Waals surface area contributed by atoms with E-state index in [1.165, 1.54) is 10.6 Å². The van der Waals surface area contributed by atoms with Gasteiger partial charge >= 0.3 is 18.4 Å². The van der Waals surface area contributed by atoms with Crippen LogP contribution in [-0.4, -0.2) is 41.8 Å². The first-order valence-corrected chi connectivity index (χ1v) is 9.41. The highest BCUT2D eigenvalue weighted by Crippen LogP contribution is 2.52. The molecule has 180 valence electrons. The van der Waals surface area contributed by atoms with Crippen LogP contribution in [0.1, 0.15) is 5.56 Å². The molecule has 2 aliphatic rings. The van der Waals surface area contributed by atoms with Gasteiger partial charge in [0.05, 0.1) is 0 Å². The Morgan fingerprint density at radius 1 is 0.824 bits per heavy atom. The maximum Gasteiger partial charge on any atom is 0.421 e. The van der Waals surface area contributed by atoms with E-state index in [9.17, 15) is 44.7 Å². The standard InChI is InChI=1S/C20H12F8N4O2/c21-10-3-1-9(2-4-10)14-29-15-13(18(31-14,19(23,24)25)20(26,27)28)16(33)30-17(34)32(15)12-7-5-11(22)6-8-12/h1-8,13,15H,(H,29,31)(H,30,33,34)/t13-,15+/m1/s1. The number of imide groups is 1. The molecule has 1 fully saturated rings. The number of benzene rings is 2. The molecule has 34 heavy (non-hydrogen) atoms. The van der Waals surface area contributed by atoms with E-state index in [1.807, 2.05) is 0 Å². The van der Waals surface area contributed by atoms with Gasteiger partial charge in [0.15, 0.2) is 0 Å². The monoisotopic (exact) mass is 492 g/mol. The number of carbonyl (C=O) groups is 2. The molecular weight excluding hydrogens is 480 g/mol. The van der Waals surface area contributed by atoms with Gasteiger partial charge in [0.1, 0.15) is 29.6 Å². The van der Waals surface area contributed by atoms with Crippen molar-refractivity contribution in [2.75, 3.05) is 4.90 Å². The van der Waals surface area contributed by atoms with E-state index in [2.05, 4.69) is 4.99 Å². The van der Waals surface area contributed by atoms with E-state index in [0.29, 0.717) is 4.90 Å². The molecule has 0 bridgehead atoms. The molecule has 0 unspecified atom stereocenters. The molecule has 2 aromatic rings. The van der Waals surface area contributed by atoms with Gasteiger partial charge in [-0.25, -0.2) is 18.6 Å². The Kier molecular flexibility index (Phi) is 5.29. The maximum absolute atomic E-state index is 14.2. The van der Waals surface area contributed by atoms with E-state index in [0.717, 1.165) is 48.5 Å². The van der Waals surface area contributed by atoms with Crippen LogP contribution in [0.5, 0.6) is 0 Å². The summed E-state index contributed by atoms with van der Waals surface area (Å²) in [6.45, 7) is 0. The number of halogens is 8. The molecule has 1 saturated heterocycles. The zero-order valence-corrected chi connectivity index (χ0v) is 16.5. The quantitative estimate of drug-likeness (QED) is 0.626. The summed E-state index contributed by atoms with van der Waals surface area (Å²) in [6, 6.07) is 5.47. The summed E-state index contributed by atoms with van der Waals surface area (Å²) in [5, 5.41) is 2.83. The highest BCUT2D eigenvalue weighted by Gasteiger charge is 2.80. The predicted molar refractivity (Wildman–Crippen MR) is 101 cm³/mol. The molecule has 2 aliphatic heterocycles. The maximum atomic E-state index is 14.2. The van der Waals surface area contributed by atoms with Crippen LogP contribution >= 0.6 is 0 Å². The number of aliphatic imine (C=N–C) groups is 1. The van der Waals surface area contributed by atoms with E-state index < -0.39 is 59.4 Å². The first-order chi connectivity index (χ1) is 15.8. The number of urea groups is 1. The minimum atomic E-state index is -6.11. The minimum Gasteiger partial charge on any atom is -0.348 e. The minimum absolute atomic E-state index is 0.316.